The number of carbonyl (C=O) groups excluding carboxylic acids is 2. The Bertz CT molecular complexity index is 541. The predicted molar refractivity (Wildman–Crippen MR) is 120 cm³/mol. The monoisotopic (exact) mass is 501 g/mol. The number of rotatable bonds is 10. The molecule has 0 spiro atoms. The van der Waals surface area contributed by atoms with Gasteiger partial charge in [0, 0.05) is 0 Å². The fourth-order valence-corrected chi connectivity index (χ4v) is 21.9. The van der Waals surface area contributed by atoms with Crippen LogP contribution in [0.15, 0.2) is 9.16 Å². The summed E-state index contributed by atoms with van der Waals surface area (Å²) in [7, 11) is 0. The van der Waals surface area contributed by atoms with Crippen molar-refractivity contribution in [3.63, 3.8) is 0 Å². The summed E-state index contributed by atoms with van der Waals surface area (Å²) in [5.74, 6) is 0.123. The molecule has 0 bridgehead atoms. The molecule has 5 heteroatoms. The van der Waals surface area contributed by atoms with Gasteiger partial charge < -0.3 is 0 Å². The van der Waals surface area contributed by atoms with Gasteiger partial charge in [0.05, 0.1) is 0 Å². The van der Waals surface area contributed by atoms with E-state index in [2.05, 4.69) is 20.8 Å². The van der Waals surface area contributed by atoms with Crippen LogP contribution in [-0.2, 0) is 9.53 Å². The Morgan fingerprint density at radius 2 is 1.43 bits per heavy atom. The molecule has 1 rings (SSSR count). The number of hydrogen-bond acceptors (Lipinski definition) is 3. The molecule has 0 fully saturated rings. The first-order valence-corrected chi connectivity index (χ1v) is 18.8. The fourth-order valence-electron chi connectivity index (χ4n) is 4.22. The van der Waals surface area contributed by atoms with E-state index in [9.17, 15) is 9.59 Å². The van der Waals surface area contributed by atoms with Gasteiger partial charge in [-0.25, -0.2) is 0 Å². The van der Waals surface area contributed by atoms with E-state index in [1.807, 2.05) is 27.7 Å². The van der Waals surface area contributed by atoms with Crippen molar-refractivity contribution < 1.29 is 14.3 Å². The molecule has 0 aromatic rings. The molecule has 1 amide bonds. The normalized spacial score (nSPS) is 16.0. The standard InChI is InChI=1S/C11H16NO3.3C4H9.Sn/c1-8-5-6-12(7-9(8)13)10(14)15-11(2,3)4;3*1-3-4-2;/h6-7H2,1-4H3;3*1,3-4H2,2H3;. The molecule has 1 heterocycles. The zero-order valence-corrected chi connectivity index (χ0v) is 22.3. The molecule has 28 heavy (non-hydrogen) atoms. The van der Waals surface area contributed by atoms with E-state index in [-0.39, 0.29) is 18.4 Å². The second-order valence-corrected chi connectivity index (χ2v) is 22.8. The summed E-state index contributed by atoms with van der Waals surface area (Å²) < 4.78 is 10.9. The van der Waals surface area contributed by atoms with Gasteiger partial charge in [-0.3, -0.25) is 0 Å². The van der Waals surface area contributed by atoms with Crippen LogP contribution in [-0.4, -0.2) is 53.8 Å². The summed E-state index contributed by atoms with van der Waals surface area (Å²) in [6.45, 7) is 15.2. The SMILES string of the molecule is CCC[CH2][Sn]([CH2]CCC)([CH2]CCC)[C]1=C(C)C(=O)CN(C(=O)OC(C)(C)C)C1. The van der Waals surface area contributed by atoms with Crippen LogP contribution in [0.5, 0.6) is 0 Å². The molecule has 0 aromatic heterocycles. The Morgan fingerprint density at radius 1 is 0.964 bits per heavy atom. The Morgan fingerprint density at radius 3 is 1.82 bits per heavy atom. The van der Waals surface area contributed by atoms with E-state index in [4.69, 9.17) is 4.74 Å². The molecule has 0 aromatic carbocycles. The maximum absolute atomic E-state index is 12.9. The molecule has 0 N–H and O–H groups in total. The number of ketones is 1. The van der Waals surface area contributed by atoms with Crippen molar-refractivity contribution in [1.82, 2.24) is 4.90 Å². The van der Waals surface area contributed by atoms with E-state index < -0.39 is 24.0 Å². The first-order chi connectivity index (χ1) is 13.1. The van der Waals surface area contributed by atoms with Gasteiger partial charge in [0.1, 0.15) is 0 Å². The van der Waals surface area contributed by atoms with Crippen molar-refractivity contribution in [3.05, 3.63) is 9.16 Å². The topological polar surface area (TPSA) is 46.6 Å². The van der Waals surface area contributed by atoms with Gasteiger partial charge in [0.15, 0.2) is 0 Å². The van der Waals surface area contributed by atoms with Gasteiger partial charge in [-0.15, -0.1) is 0 Å². The average Bonchev–Trinajstić information content (AvgIpc) is 2.62. The second kappa shape index (κ2) is 11.6. The fraction of sp³-hybridized carbons (Fsp3) is 0.826. The summed E-state index contributed by atoms with van der Waals surface area (Å²) in [6, 6.07) is 0. The van der Waals surface area contributed by atoms with Crippen LogP contribution in [0.1, 0.15) is 87.0 Å². The molecule has 0 atom stereocenters. The third-order valence-corrected chi connectivity index (χ3v) is 22.3. The number of Topliss-reactive ketones (excluding diaryl/α,β-unsaturated/α-hetero) is 1. The van der Waals surface area contributed by atoms with Crippen molar-refractivity contribution in [3.8, 4) is 0 Å². The third kappa shape index (κ3) is 7.38. The summed E-state index contributed by atoms with van der Waals surface area (Å²) in [5, 5.41) is 0. The molecule has 4 nitrogen and oxygen atoms in total. The molecule has 0 saturated heterocycles. The zero-order chi connectivity index (χ0) is 21.4. The van der Waals surface area contributed by atoms with Gasteiger partial charge in [-0.1, -0.05) is 0 Å². The molecule has 0 radical (unpaired) electrons. The number of hydrogen-bond donors (Lipinski definition) is 0. The minimum atomic E-state index is -2.74. The molecule has 0 aliphatic carbocycles. The molecule has 0 unspecified atom stereocenters. The zero-order valence-electron chi connectivity index (χ0n) is 19.5. The first-order valence-electron chi connectivity index (χ1n) is 11.3. The Labute approximate surface area is 177 Å². The van der Waals surface area contributed by atoms with Crippen molar-refractivity contribution in [2.24, 2.45) is 0 Å². The number of ether oxygens (including phenoxy) is 1. The van der Waals surface area contributed by atoms with E-state index >= 15 is 0 Å². The minimum absolute atomic E-state index is 0.123. The predicted octanol–water partition coefficient (Wildman–Crippen LogP) is 6.51. The van der Waals surface area contributed by atoms with E-state index in [1.165, 1.54) is 55.4 Å². The number of carbonyl (C=O) groups is 2. The van der Waals surface area contributed by atoms with Crippen LogP contribution < -0.4 is 0 Å². The number of unbranched alkanes of at least 4 members (excludes halogenated alkanes) is 3. The summed E-state index contributed by atoms with van der Waals surface area (Å²) in [4.78, 5) is 27.3. The van der Waals surface area contributed by atoms with Gasteiger partial charge in [0.25, 0.3) is 0 Å². The van der Waals surface area contributed by atoms with Crippen LogP contribution in [0.25, 0.3) is 0 Å². The Kier molecular flexibility index (Phi) is 10.6. The van der Waals surface area contributed by atoms with Crippen molar-refractivity contribution in [2.45, 2.75) is 106 Å². The van der Waals surface area contributed by atoms with Crippen LogP contribution in [0, 0.1) is 0 Å². The number of nitrogens with zero attached hydrogens (tertiary/aromatic N) is 1. The summed E-state index contributed by atoms with van der Waals surface area (Å²) >= 11 is -2.74. The Hall–Kier alpha value is -0.521. The van der Waals surface area contributed by atoms with Crippen molar-refractivity contribution >= 4 is 30.3 Å². The maximum atomic E-state index is 12.9. The first kappa shape index (κ1) is 25.5. The van der Waals surface area contributed by atoms with E-state index in [0.29, 0.717) is 6.54 Å². The molecule has 1 aliphatic heterocycles. The Balaban J connectivity index is 3.27. The van der Waals surface area contributed by atoms with E-state index in [1.54, 1.807) is 4.90 Å². The quantitative estimate of drug-likeness (QED) is 0.322. The molecule has 162 valence electrons. The van der Waals surface area contributed by atoms with Crippen LogP contribution in [0.3, 0.4) is 0 Å². The van der Waals surface area contributed by atoms with Gasteiger partial charge in [-0.2, -0.15) is 0 Å². The summed E-state index contributed by atoms with van der Waals surface area (Å²) in [5.41, 5.74) is 0.447. The van der Waals surface area contributed by atoms with Crippen LogP contribution >= 0.6 is 0 Å². The van der Waals surface area contributed by atoms with Gasteiger partial charge in [-0.05, 0) is 0 Å². The molecular formula is C23H43NO3Sn. The van der Waals surface area contributed by atoms with Crippen molar-refractivity contribution in [2.75, 3.05) is 13.1 Å². The molecule has 0 saturated carbocycles. The molecule has 1 aliphatic rings. The second-order valence-electron chi connectivity index (χ2n) is 9.45. The third-order valence-electron chi connectivity index (χ3n) is 5.87. The van der Waals surface area contributed by atoms with E-state index in [0.717, 1.165) is 5.57 Å². The molecular weight excluding hydrogens is 457 g/mol. The van der Waals surface area contributed by atoms with Crippen LogP contribution in [0.4, 0.5) is 4.79 Å². The van der Waals surface area contributed by atoms with Crippen molar-refractivity contribution in [1.29, 1.82) is 0 Å². The van der Waals surface area contributed by atoms with Crippen LogP contribution in [0.2, 0.25) is 13.3 Å². The summed E-state index contributed by atoms with van der Waals surface area (Å²) in [6.07, 6.45) is 7.02. The average molecular weight is 500 g/mol. The van der Waals surface area contributed by atoms with Gasteiger partial charge >= 0.3 is 178 Å². The number of amides is 1. The van der Waals surface area contributed by atoms with Gasteiger partial charge in [0.2, 0.25) is 0 Å².